The summed E-state index contributed by atoms with van der Waals surface area (Å²) in [7, 11) is 1.66. The first-order valence-electron chi connectivity index (χ1n) is 5.06. The summed E-state index contributed by atoms with van der Waals surface area (Å²) in [6.07, 6.45) is 1.46. The largest absolute Gasteiger partial charge is 0.319 e. The van der Waals surface area contributed by atoms with Crippen molar-refractivity contribution in [3.8, 4) is 0 Å². The topological polar surface area (TPSA) is 56.7 Å². The number of halogens is 2. The van der Waals surface area contributed by atoms with Gasteiger partial charge >= 0.3 is 0 Å². The van der Waals surface area contributed by atoms with Gasteiger partial charge in [-0.05, 0) is 18.6 Å². The van der Waals surface area contributed by atoms with Crippen LogP contribution in [0.3, 0.4) is 0 Å². The van der Waals surface area contributed by atoms with Gasteiger partial charge in [-0.15, -0.1) is 5.10 Å². The Bertz CT molecular complexity index is 550. The van der Waals surface area contributed by atoms with Crippen LogP contribution in [0.1, 0.15) is 22.9 Å². The van der Waals surface area contributed by atoms with Crippen LogP contribution in [0.25, 0.3) is 0 Å². The van der Waals surface area contributed by atoms with Gasteiger partial charge in [0.05, 0.1) is 17.9 Å². The maximum atomic E-state index is 13.6. The van der Waals surface area contributed by atoms with Crippen molar-refractivity contribution >= 4 is 0 Å². The summed E-state index contributed by atoms with van der Waals surface area (Å²) in [4.78, 5) is 0. The zero-order valence-electron chi connectivity index (χ0n) is 9.48. The molecule has 0 bridgehead atoms. The lowest BCUT2D eigenvalue weighted by molar-refractivity contribution is 0.554. The van der Waals surface area contributed by atoms with Gasteiger partial charge in [0.25, 0.3) is 0 Å². The van der Waals surface area contributed by atoms with Gasteiger partial charge in [0.15, 0.2) is 0 Å². The van der Waals surface area contributed by atoms with Gasteiger partial charge in [0, 0.05) is 18.7 Å². The maximum Gasteiger partial charge on any atom is 0.131 e. The third kappa shape index (κ3) is 2.03. The number of nitrogens with zero attached hydrogens (tertiary/aromatic N) is 3. The Morgan fingerprint density at radius 1 is 1.29 bits per heavy atom. The molecule has 2 N–H and O–H groups in total. The minimum atomic E-state index is -0.714. The van der Waals surface area contributed by atoms with Crippen LogP contribution in [0.5, 0.6) is 0 Å². The molecule has 1 atom stereocenters. The third-order valence-corrected chi connectivity index (χ3v) is 2.68. The first kappa shape index (κ1) is 11.7. The van der Waals surface area contributed by atoms with Gasteiger partial charge in [-0.25, -0.2) is 8.78 Å². The van der Waals surface area contributed by atoms with E-state index in [9.17, 15) is 8.78 Å². The van der Waals surface area contributed by atoms with Crippen molar-refractivity contribution < 1.29 is 8.78 Å². The molecule has 2 aromatic rings. The standard InChI is InChI=1S/C11H12F2N4/c1-6-3-7(9(13)4-8(6)12)11(14)10-5-15-16-17(10)2/h3-5,11H,14H2,1-2H3. The Labute approximate surface area is 97.0 Å². The van der Waals surface area contributed by atoms with E-state index in [0.29, 0.717) is 11.3 Å². The summed E-state index contributed by atoms with van der Waals surface area (Å²) in [5.41, 5.74) is 7.07. The number of nitrogens with two attached hydrogens (primary N) is 1. The Morgan fingerprint density at radius 3 is 2.59 bits per heavy atom. The van der Waals surface area contributed by atoms with Crippen LogP contribution >= 0.6 is 0 Å². The predicted molar refractivity (Wildman–Crippen MR) is 58.1 cm³/mol. The molecule has 17 heavy (non-hydrogen) atoms. The van der Waals surface area contributed by atoms with E-state index in [1.54, 1.807) is 14.0 Å². The molecule has 1 aromatic heterocycles. The first-order chi connectivity index (χ1) is 8.00. The molecule has 0 saturated carbocycles. The highest BCUT2D eigenvalue weighted by molar-refractivity contribution is 5.32. The summed E-state index contributed by atoms with van der Waals surface area (Å²) < 4.78 is 28.2. The molecule has 0 spiro atoms. The fourth-order valence-electron chi connectivity index (χ4n) is 1.66. The van der Waals surface area contributed by atoms with E-state index in [4.69, 9.17) is 5.73 Å². The molecule has 0 radical (unpaired) electrons. The lowest BCUT2D eigenvalue weighted by atomic mass is 10.0. The Balaban J connectivity index is 2.48. The monoisotopic (exact) mass is 238 g/mol. The summed E-state index contributed by atoms with van der Waals surface area (Å²) in [6, 6.07) is 1.53. The molecule has 6 heteroatoms. The lowest BCUT2D eigenvalue weighted by Gasteiger charge is -2.13. The summed E-state index contributed by atoms with van der Waals surface area (Å²) in [6.45, 7) is 1.56. The first-order valence-corrected chi connectivity index (χ1v) is 5.06. The van der Waals surface area contributed by atoms with Crippen LogP contribution in [0, 0.1) is 18.6 Å². The molecule has 0 saturated heterocycles. The molecule has 4 nitrogen and oxygen atoms in total. The molecule has 90 valence electrons. The van der Waals surface area contributed by atoms with Crippen molar-refractivity contribution in [2.75, 3.05) is 0 Å². The van der Waals surface area contributed by atoms with Crippen LogP contribution in [-0.2, 0) is 7.05 Å². The fraction of sp³-hybridized carbons (Fsp3) is 0.273. The van der Waals surface area contributed by atoms with Crippen molar-refractivity contribution in [3.63, 3.8) is 0 Å². The van der Waals surface area contributed by atoms with E-state index in [1.807, 2.05) is 0 Å². The zero-order valence-corrected chi connectivity index (χ0v) is 9.48. The van der Waals surface area contributed by atoms with Crippen molar-refractivity contribution in [2.45, 2.75) is 13.0 Å². The second kappa shape index (κ2) is 4.21. The minimum absolute atomic E-state index is 0.231. The van der Waals surface area contributed by atoms with Crippen molar-refractivity contribution in [3.05, 3.63) is 46.8 Å². The minimum Gasteiger partial charge on any atom is -0.319 e. The van der Waals surface area contributed by atoms with E-state index in [0.717, 1.165) is 6.07 Å². The molecule has 1 heterocycles. The van der Waals surface area contributed by atoms with Gasteiger partial charge < -0.3 is 5.73 Å². The quantitative estimate of drug-likeness (QED) is 0.861. The highest BCUT2D eigenvalue weighted by Crippen LogP contribution is 2.23. The smallest absolute Gasteiger partial charge is 0.131 e. The molecule has 0 aliphatic heterocycles. The predicted octanol–water partition coefficient (Wildman–Crippen LogP) is 1.45. The van der Waals surface area contributed by atoms with Crippen LogP contribution in [0.4, 0.5) is 8.78 Å². The van der Waals surface area contributed by atoms with E-state index in [2.05, 4.69) is 10.3 Å². The van der Waals surface area contributed by atoms with Crippen LogP contribution in [-0.4, -0.2) is 15.0 Å². The molecule has 1 aromatic carbocycles. The molecule has 0 amide bonds. The SMILES string of the molecule is Cc1cc(C(N)c2cnnn2C)c(F)cc1F. The molecule has 0 aliphatic rings. The zero-order chi connectivity index (χ0) is 12.6. The van der Waals surface area contributed by atoms with Gasteiger partial charge in [0.2, 0.25) is 0 Å². The Morgan fingerprint density at radius 2 is 2.00 bits per heavy atom. The van der Waals surface area contributed by atoms with Crippen molar-refractivity contribution in [2.24, 2.45) is 12.8 Å². The maximum absolute atomic E-state index is 13.6. The van der Waals surface area contributed by atoms with Crippen molar-refractivity contribution in [1.82, 2.24) is 15.0 Å². The van der Waals surface area contributed by atoms with E-state index in [-0.39, 0.29) is 5.56 Å². The number of hydrogen-bond donors (Lipinski definition) is 1. The lowest BCUT2D eigenvalue weighted by Crippen LogP contribution is -2.17. The van der Waals surface area contributed by atoms with E-state index in [1.165, 1.54) is 16.9 Å². The summed E-state index contributed by atoms with van der Waals surface area (Å²) in [5.74, 6) is -1.25. The summed E-state index contributed by atoms with van der Waals surface area (Å²) >= 11 is 0. The highest BCUT2D eigenvalue weighted by atomic mass is 19.1. The van der Waals surface area contributed by atoms with Crippen LogP contribution in [0.15, 0.2) is 18.3 Å². The number of rotatable bonds is 2. The molecule has 0 fully saturated rings. The molecule has 0 aliphatic carbocycles. The van der Waals surface area contributed by atoms with E-state index >= 15 is 0 Å². The van der Waals surface area contributed by atoms with Crippen LogP contribution < -0.4 is 5.73 Å². The molecule has 1 unspecified atom stereocenters. The Kier molecular flexibility index (Phi) is 2.89. The van der Waals surface area contributed by atoms with Gasteiger partial charge in [-0.1, -0.05) is 5.21 Å². The Hall–Kier alpha value is -1.82. The third-order valence-electron chi connectivity index (χ3n) is 2.68. The summed E-state index contributed by atoms with van der Waals surface area (Å²) in [5, 5.41) is 7.40. The number of hydrogen-bond acceptors (Lipinski definition) is 3. The highest BCUT2D eigenvalue weighted by Gasteiger charge is 2.18. The van der Waals surface area contributed by atoms with Gasteiger partial charge in [-0.2, -0.15) is 0 Å². The van der Waals surface area contributed by atoms with Crippen molar-refractivity contribution in [1.29, 1.82) is 0 Å². The number of aromatic nitrogens is 3. The molecular weight excluding hydrogens is 226 g/mol. The van der Waals surface area contributed by atoms with Crippen LogP contribution in [0.2, 0.25) is 0 Å². The van der Waals surface area contributed by atoms with Gasteiger partial charge in [0.1, 0.15) is 11.6 Å². The second-order valence-corrected chi connectivity index (χ2v) is 3.88. The second-order valence-electron chi connectivity index (χ2n) is 3.88. The average Bonchev–Trinajstić information content (AvgIpc) is 2.69. The fourth-order valence-corrected chi connectivity index (χ4v) is 1.66. The normalized spacial score (nSPS) is 12.8. The molecule has 2 rings (SSSR count). The van der Waals surface area contributed by atoms with E-state index < -0.39 is 17.7 Å². The number of benzene rings is 1. The number of aryl methyl sites for hydroxylation is 2. The molecular formula is C11H12F2N4. The average molecular weight is 238 g/mol. The van der Waals surface area contributed by atoms with Gasteiger partial charge in [-0.3, -0.25) is 4.68 Å².